The molecule has 4 unspecified atom stereocenters. The van der Waals surface area contributed by atoms with Gasteiger partial charge in [0, 0.05) is 30.8 Å². The second-order valence-electron chi connectivity index (χ2n) is 10.9. The molecular formula is C32H43N3O3. The van der Waals surface area contributed by atoms with E-state index >= 15 is 0 Å². The number of aromatic nitrogens is 1. The second-order valence-corrected chi connectivity index (χ2v) is 10.9. The molecule has 6 atom stereocenters. The molecule has 1 aliphatic heterocycles. The van der Waals surface area contributed by atoms with Crippen LogP contribution in [0.3, 0.4) is 0 Å². The van der Waals surface area contributed by atoms with Gasteiger partial charge in [0.1, 0.15) is 6.10 Å². The summed E-state index contributed by atoms with van der Waals surface area (Å²) in [4.78, 5) is 34.1. The van der Waals surface area contributed by atoms with E-state index in [9.17, 15) is 9.59 Å². The number of benzene rings is 1. The number of esters is 1. The van der Waals surface area contributed by atoms with Gasteiger partial charge >= 0.3 is 5.97 Å². The Kier molecular flexibility index (Phi) is 9.03. The van der Waals surface area contributed by atoms with Crippen LogP contribution in [-0.2, 0) is 14.3 Å². The number of hydrogen-bond donors (Lipinski definition) is 1. The first-order chi connectivity index (χ1) is 18.3. The van der Waals surface area contributed by atoms with Crippen LogP contribution < -0.4 is 5.32 Å². The molecule has 2 aliphatic rings. The Bertz CT molecular complexity index is 1110. The summed E-state index contributed by atoms with van der Waals surface area (Å²) in [6, 6.07) is 14.3. The maximum absolute atomic E-state index is 13.8. The van der Waals surface area contributed by atoms with Crippen molar-refractivity contribution in [2.24, 2.45) is 29.1 Å². The highest BCUT2D eigenvalue weighted by molar-refractivity contribution is 6.04. The van der Waals surface area contributed by atoms with E-state index < -0.39 is 5.41 Å². The number of hydrogen-bond acceptors (Lipinski definition) is 5. The molecule has 6 nitrogen and oxygen atoms in total. The minimum atomic E-state index is -1.15. The number of pyridine rings is 1. The summed E-state index contributed by atoms with van der Waals surface area (Å²) in [5.41, 5.74) is 1.93. The summed E-state index contributed by atoms with van der Waals surface area (Å²) in [6.45, 7) is 13.7. The highest BCUT2D eigenvalue weighted by Gasteiger charge is 2.66. The minimum absolute atomic E-state index is 0.0364. The van der Waals surface area contributed by atoms with Crippen LogP contribution in [0.25, 0.3) is 17.2 Å². The zero-order chi connectivity index (χ0) is 27.3. The van der Waals surface area contributed by atoms with E-state index in [0.29, 0.717) is 18.9 Å². The highest BCUT2D eigenvalue weighted by Crippen LogP contribution is 2.57. The van der Waals surface area contributed by atoms with Crippen molar-refractivity contribution < 1.29 is 14.3 Å². The first kappa shape index (κ1) is 28.0. The lowest BCUT2D eigenvalue weighted by Crippen LogP contribution is -2.56. The molecule has 204 valence electrons. The SMILES string of the molecule is CCC1C(C)C[C@@]2(C(=O)NCCN(CC)CC)C(=O)O[C@H](C)C2C1/C=C/c1ccc(-c2ccccc2)cn1. The number of cyclic esters (lactones) is 1. The third-order valence-corrected chi connectivity index (χ3v) is 8.88. The number of carbonyl (C=O) groups excluding carboxylic acids is 2. The summed E-state index contributed by atoms with van der Waals surface area (Å²) in [5, 5.41) is 3.12. The van der Waals surface area contributed by atoms with Crippen LogP contribution in [0, 0.1) is 29.1 Å². The molecule has 1 saturated carbocycles. The topological polar surface area (TPSA) is 71.5 Å². The summed E-state index contributed by atoms with van der Waals surface area (Å²) in [5.74, 6) is -0.132. The van der Waals surface area contributed by atoms with Gasteiger partial charge in [0.05, 0.1) is 5.69 Å². The van der Waals surface area contributed by atoms with E-state index in [0.717, 1.165) is 42.9 Å². The minimum Gasteiger partial charge on any atom is -0.461 e. The van der Waals surface area contributed by atoms with Crippen molar-refractivity contribution in [3.63, 3.8) is 0 Å². The summed E-state index contributed by atoms with van der Waals surface area (Å²) in [7, 11) is 0. The molecule has 38 heavy (non-hydrogen) atoms. The molecule has 2 heterocycles. The third-order valence-electron chi connectivity index (χ3n) is 8.88. The molecule has 6 heteroatoms. The molecule has 0 radical (unpaired) electrons. The van der Waals surface area contributed by atoms with Crippen LogP contribution in [0.5, 0.6) is 0 Å². The summed E-state index contributed by atoms with van der Waals surface area (Å²) >= 11 is 0. The van der Waals surface area contributed by atoms with Gasteiger partial charge in [0.25, 0.3) is 0 Å². The van der Waals surface area contributed by atoms with Gasteiger partial charge in [0.15, 0.2) is 5.41 Å². The Morgan fingerprint density at radius 2 is 1.84 bits per heavy atom. The van der Waals surface area contributed by atoms with Crippen molar-refractivity contribution in [2.75, 3.05) is 26.2 Å². The fourth-order valence-electron chi connectivity index (χ4n) is 6.86. The van der Waals surface area contributed by atoms with E-state index in [1.807, 2.05) is 37.4 Å². The Hall–Kier alpha value is -2.99. The smallest absolute Gasteiger partial charge is 0.322 e. The van der Waals surface area contributed by atoms with E-state index in [1.54, 1.807) is 0 Å². The van der Waals surface area contributed by atoms with Crippen molar-refractivity contribution in [3.8, 4) is 11.1 Å². The molecule has 1 aromatic carbocycles. The lowest BCUT2D eigenvalue weighted by atomic mass is 9.53. The van der Waals surface area contributed by atoms with Gasteiger partial charge in [-0.05, 0) is 61.9 Å². The van der Waals surface area contributed by atoms with Crippen molar-refractivity contribution in [3.05, 3.63) is 60.4 Å². The van der Waals surface area contributed by atoms with E-state index in [2.05, 4.69) is 73.2 Å². The monoisotopic (exact) mass is 517 g/mol. The number of ether oxygens (including phenoxy) is 1. The van der Waals surface area contributed by atoms with Gasteiger partial charge in [-0.25, -0.2) is 0 Å². The van der Waals surface area contributed by atoms with E-state index in [-0.39, 0.29) is 35.7 Å². The number of allylic oxidation sites excluding steroid dienone is 1. The van der Waals surface area contributed by atoms with Crippen LogP contribution in [0.2, 0.25) is 0 Å². The summed E-state index contributed by atoms with van der Waals surface area (Å²) in [6.07, 6.45) is 7.33. The molecule has 2 aromatic rings. The van der Waals surface area contributed by atoms with Crippen LogP contribution in [0.15, 0.2) is 54.7 Å². The van der Waals surface area contributed by atoms with Gasteiger partial charge in [0.2, 0.25) is 5.91 Å². The molecule has 1 saturated heterocycles. The standard InChI is InChI=1S/C32H43N3O3/c1-6-27-22(4)20-32(30(36)33-18-19-35(7-2)8-3)29(23(5)38-31(32)37)28(27)17-16-26-15-14-25(21-34-26)24-12-10-9-11-13-24/h9-17,21-23,27-29H,6-8,18-20H2,1-5H3,(H,33,36)/b17-16+/t22?,23-,27?,28?,29?,32-/m1/s1. The highest BCUT2D eigenvalue weighted by atomic mass is 16.6. The lowest BCUT2D eigenvalue weighted by Gasteiger charge is -2.47. The lowest BCUT2D eigenvalue weighted by molar-refractivity contribution is -0.157. The van der Waals surface area contributed by atoms with E-state index in [1.165, 1.54) is 0 Å². The molecular weight excluding hydrogens is 474 g/mol. The zero-order valence-electron chi connectivity index (χ0n) is 23.5. The summed E-state index contributed by atoms with van der Waals surface area (Å²) < 4.78 is 5.83. The van der Waals surface area contributed by atoms with Crippen LogP contribution in [-0.4, -0.2) is 54.0 Å². The Labute approximate surface area is 227 Å². The van der Waals surface area contributed by atoms with Crippen LogP contribution >= 0.6 is 0 Å². The van der Waals surface area contributed by atoms with Crippen molar-refractivity contribution in [2.45, 2.75) is 53.6 Å². The number of likely N-dealkylation sites (N-methyl/N-ethyl adjacent to an activating group) is 1. The predicted octanol–water partition coefficient (Wildman–Crippen LogP) is 5.45. The number of carbonyl (C=O) groups is 2. The fraction of sp³-hybridized carbons (Fsp3) is 0.531. The van der Waals surface area contributed by atoms with E-state index in [4.69, 9.17) is 4.74 Å². The maximum Gasteiger partial charge on any atom is 0.322 e. The number of nitrogens with one attached hydrogen (secondary N) is 1. The number of nitrogens with zero attached hydrogens (tertiary/aromatic N) is 2. The first-order valence-electron chi connectivity index (χ1n) is 14.3. The third kappa shape index (κ3) is 5.42. The molecule has 4 rings (SSSR count). The quantitative estimate of drug-likeness (QED) is 0.335. The molecule has 2 fully saturated rings. The molecule has 0 bridgehead atoms. The van der Waals surface area contributed by atoms with Gasteiger partial charge in [-0.2, -0.15) is 0 Å². The number of fused-ring (bicyclic) bond motifs is 1. The molecule has 1 aliphatic carbocycles. The average molecular weight is 518 g/mol. The predicted molar refractivity (Wildman–Crippen MR) is 152 cm³/mol. The Morgan fingerprint density at radius 1 is 1.11 bits per heavy atom. The fourth-order valence-corrected chi connectivity index (χ4v) is 6.86. The van der Waals surface area contributed by atoms with Gasteiger partial charge in [-0.15, -0.1) is 0 Å². The largest absolute Gasteiger partial charge is 0.461 e. The van der Waals surface area contributed by atoms with Crippen molar-refractivity contribution in [1.29, 1.82) is 0 Å². The molecule has 1 amide bonds. The van der Waals surface area contributed by atoms with Crippen molar-refractivity contribution >= 4 is 18.0 Å². The van der Waals surface area contributed by atoms with Gasteiger partial charge in [-0.1, -0.05) is 76.6 Å². The normalized spacial score (nSPS) is 28.9. The van der Waals surface area contributed by atoms with Crippen LogP contribution in [0.1, 0.15) is 53.2 Å². The van der Waals surface area contributed by atoms with Gasteiger partial charge in [-0.3, -0.25) is 14.6 Å². The number of amides is 1. The molecule has 1 aromatic heterocycles. The average Bonchev–Trinajstić information content (AvgIpc) is 3.19. The maximum atomic E-state index is 13.8. The second kappa shape index (κ2) is 12.2. The van der Waals surface area contributed by atoms with Crippen molar-refractivity contribution in [1.82, 2.24) is 15.2 Å². The van der Waals surface area contributed by atoms with Crippen LogP contribution in [0.4, 0.5) is 0 Å². The van der Waals surface area contributed by atoms with Gasteiger partial charge < -0.3 is 15.0 Å². The first-order valence-corrected chi connectivity index (χ1v) is 14.3. The Balaban J connectivity index is 1.59. The zero-order valence-corrected chi connectivity index (χ0v) is 23.5. The number of rotatable bonds is 10. The Morgan fingerprint density at radius 3 is 2.47 bits per heavy atom. The molecule has 1 N–H and O–H groups in total. The molecule has 0 spiro atoms.